The van der Waals surface area contributed by atoms with Gasteiger partial charge in [-0.25, -0.2) is 4.79 Å². The van der Waals surface area contributed by atoms with Gasteiger partial charge in [0.15, 0.2) is 0 Å². The third kappa shape index (κ3) is 11.4. The molecule has 0 heterocycles. The van der Waals surface area contributed by atoms with Crippen LogP contribution in [0.15, 0.2) is 48.5 Å². The maximum atomic E-state index is 13.2. The van der Waals surface area contributed by atoms with E-state index in [2.05, 4.69) is 5.32 Å². The van der Waals surface area contributed by atoms with Gasteiger partial charge in [0.1, 0.15) is 37.0 Å². The van der Waals surface area contributed by atoms with Crippen molar-refractivity contribution < 1.29 is 38.9 Å². The van der Waals surface area contributed by atoms with Crippen molar-refractivity contribution in [2.24, 2.45) is 22.7 Å². The predicted octanol–water partition coefficient (Wildman–Crippen LogP) is 5.15. The Labute approximate surface area is 255 Å². The molecule has 0 fully saturated rings. The Morgan fingerprint density at radius 3 is 1.91 bits per heavy atom. The number of phenolic OH excluding ortho intramolecular Hbond substituents is 2. The molecule has 3 N–H and O–H groups in total. The number of hydrogen-bond donors (Lipinski definition) is 3. The SMILES string of the molecule is CC(C)CC(C)(CC(C)(C=O)C(C)C)C(=O)OCCOC(=O)C(Cc1ccc(O)cc1)NC(=O)CCc1ccc(O)cc1. The van der Waals surface area contributed by atoms with Gasteiger partial charge in [0.25, 0.3) is 0 Å². The van der Waals surface area contributed by atoms with Crippen LogP contribution < -0.4 is 5.32 Å². The van der Waals surface area contributed by atoms with E-state index in [0.29, 0.717) is 24.8 Å². The zero-order valence-electron chi connectivity index (χ0n) is 26.2. The number of aryl methyl sites for hydroxylation is 1. The standard InChI is InChI=1S/C34H47NO8/c1-23(2)20-33(5,21-34(6,22-36)24(3)4)32(41)43-18-17-42-31(40)29(19-26-9-14-28(38)15-10-26)35-30(39)16-11-25-7-12-27(37)13-8-25/h7-10,12-15,22-24,29,37-38H,11,16-21H2,1-6H3,(H,35,39). The molecule has 43 heavy (non-hydrogen) atoms. The number of hydrogen-bond acceptors (Lipinski definition) is 8. The lowest BCUT2D eigenvalue weighted by atomic mass is 9.66. The second kappa shape index (κ2) is 16.1. The summed E-state index contributed by atoms with van der Waals surface area (Å²) in [4.78, 5) is 51.0. The van der Waals surface area contributed by atoms with E-state index in [9.17, 15) is 29.4 Å². The van der Waals surface area contributed by atoms with Crippen LogP contribution >= 0.6 is 0 Å². The van der Waals surface area contributed by atoms with Crippen LogP contribution in [0.4, 0.5) is 0 Å². The van der Waals surface area contributed by atoms with Gasteiger partial charge < -0.3 is 29.8 Å². The van der Waals surface area contributed by atoms with E-state index < -0.39 is 28.8 Å². The van der Waals surface area contributed by atoms with Gasteiger partial charge in [-0.2, -0.15) is 0 Å². The fraction of sp³-hybridized carbons (Fsp3) is 0.529. The van der Waals surface area contributed by atoms with Crippen molar-refractivity contribution >= 4 is 24.1 Å². The molecule has 1 amide bonds. The Balaban J connectivity index is 2.02. The summed E-state index contributed by atoms with van der Waals surface area (Å²) in [6.07, 6.45) is 2.45. The maximum Gasteiger partial charge on any atom is 0.329 e. The molecule has 2 rings (SSSR count). The average molecular weight is 598 g/mol. The first-order valence-corrected chi connectivity index (χ1v) is 14.8. The molecule has 9 heteroatoms. The van der Waals surface area contributed by atoms with Gasteiger partial charge in [0, 0.05) is 18.3 Å². The fourth-order valence-corrected chi connectivity index (χ4v) is 5.15. The minimum absolute atomic E-state index is 0.0343. The van der Waals surface area contributed by atoms with E-state index in [1.54, 1.807) is 36.4 Å². The van der Waals surface area contributed by atoms with Gasteiger partial charge in [0.05, 0.1) is 5.41 Å². The van der Waals surface area contributed by atoms with Crippen molar-refractivity contribution in [3.63, 3.8) is 0 Å². The lowest BCUT2D eigenvalue weighted by Crippen LogP contribution is -2.44. The molecule has 0 aliphatic rings. The molecule has 0 aromatic heterocycles. The van der Waals surface area contributed by atoms with Crippen LogP contribution in [0, 0.1) is 22.7 Å². The first kappa shape index (κ1) is 35.3. The number of ether oxygens (including phenoxy) is 2. The third-order valence-corrected chi connectivity index (χ3v) is 7.84. The average Bonchev–Trinajstić information content (AvgIpc) is 2.94. The van der Waals surface area contributed by atoms with Gasteiger partial charge >= 0.3 is 11.9 Å². The van der Waals surface area contributed by atoms with E-state index in [4.69, 9.17) is 9.47 Å². The number of aldehydes is 1. The zero-order chi connectivity index (χ0) is 32.2. The summed E-state index contributed by atoms with van der Waals surface area (Å²) in [6, 6.07) is 11.8. The van der Waals surface area contributed by atoms with Crippen LogP contribution in [0.2, 0.25) is 0 Å². The number of amides is 1. The van der Waals surface area contributed by atoms with Crippen molar-refractivity contribution in [2.45, 2.75) is 79.7 Å². The van der Waals surface area contributed by atoms with Crippen molar-refractivity contribution in [1.29, 1.82) is 0 Å². The molecule has 236 valence electrons. The molecular formula is C34H47NO8. The van der Waals surface area contributed by atoms with Crippen molar-refractivity contribution in [3.05, 3.63) is 59.7 Å². The lowest BCUT2D eigenvalue weighted by molar-refractivity contribution is -0.163. The predicted molar refractivity (Wildman–Crippen MR) is 163 cm³/mol. The molecule has 0 bridgehead atoms. The van der Waals surface area contributed by atoms with Gasteiger partial charge in [-0.05, 0) is 73.4 Å². The second-order valence-corrected chi connectivity index (χ2v) is 12.6. The third-order valence-electron chi connectivity index (χ3n) is 7.84. The Morgan fingerprint density at radius 2 is 1.40 bits per heavy atom. The first-order chi connectivity index (χ1) is 20.2. The van der Waals surface area contributed by atoms with Crippen LogP contribution in [0.1, 0.15) is 71.9 Å². The highest BCUT2D eigenvalue weighted by Gasteiger charge is 2.43. The number of carbonyl (C=O) groups excluding carboxylic acids is 4. The highest BCUT2D eigenvalue weighted by Crippen LogP contribution is 2.42. The zero-order valence-corrected chi connectivity index (χ0v) is 26.2. The molecule has 2 aromatic carbocycles. The lowest BCUT2D eigenvalue weighted by Gasteiger charge is -2.38. The van der Waals surface area contributed by atoms with Crippen molar-refractivity contribution in [1.82, 2.24) is 5.32 Å². The van der Waals surface area contributed by atoms with Gasteiger partial charge in [-0.3, -0.25) is 9.59 Å². The highest BCUT2D eigenvalue weighted by atomic mass is 16.6. The molecule has 0 saturated carbocycles. The first-order valence-electron chi connectivity index (χ1n) is 14.8. The second-order valence-electron chi connectivity index (χ2n) is 12.6. The molecule has 0 saturated heterocycles. The smallest absolute Gasteiger partial charge is 0.329 e. The van der Waals surface area contributed by atoms with Crippen LogP contribution in [-0.4, -0.2) is 53.6 Å². The van der Waals surface area contributed by atoms with Crippen LogP contribution in [0.5, 0.6) is 11.5 Å². The van der Waals surface area contributed by atoms with E-state index in [1.165, 1.54) is 12.1 Å². The quantitative estimate of drug-likeness (QED) is 0.129. The summed E-state index contributed by atoms with van der Waals surface area (Å²) < 4.78 is 11.0. The van der Waals surface area contributed by atoms with E-state index in [-0.39, 0.29) is 55.3 Å². The summed E-state index contributed by atoms with van der Waals surface area (Å²) in [5.41, 5.74) is -0.0289. The normalized spacial score (nSPS) is 14.8. The maximum absolute atomic E-state index is 13.2. The fourth-order valence-electron chi connectivity index (χ4n) is 5.15. The summed E-state index contributed by atoms with van der Waals surface area (Å²) in [7, 11) is 0. The molecular weight excluding hydrogens is 550 g/mol. The summed E-state index contributed by atoms with van der Waals surface area (Å²) in [6.45, 7) is 11.2. The van der Waals surface area contributed by atoms with Crippen LogP contribution in [0.3, 0.4) is 0 Å². The van der Waals surface area contributed by atoms with Crippen LogP contribution in [-0.2, 0) is 41.5 Å². The number of esters is 2. The Bertz CT molecular complexity index is 1210. The molecule has 2 aromatic rings. The van der Waals surface area contributed by atoms with Gasteiger partial charge in [0.2, 0.25) is 5.91 Å². The van der Waals surface area contributed by atoms with Gasteiger partial charge in [-0.1, -0.05) is 58.9 Å². The number of benzene rings is 2. The Morgan fingerprint density at radius 1 is 0.860 bits per heavy atom. The molecule has 9 nitrogen and oxygen atoms in total. The molecule has 0 radical (unpaired) electrons. The highest BCUT2D eigenvalue weighted by molar-refractivity contribution is 5.85. The van der Waals surface area contributed by atoms with Crippen LogP contribution in [0.25, 0.3) is 0 Å². The minimum Gasteiger partial charge on any atom is -0.508 e. The molecule has 3 unspecified atom stereocenters. The Hall–Kier alpha value is -3.88. The number of carbonyl (C=O) groups is 4. The molecule has 0 spiro atoms. The number of aromatic hydroxyl groups is 2. The monoisotopic (exact) mass is 597 g/mol. The topological polar surface area (TPSA) is 139 Å². The Kier molecular flexibility index (Phi) is 13.2. The summed E-state index contributed by atoms with van der Waals surface area (Å²) >= 11 is 0. The molecule has 3 atom stereocenters. The van der Waals surface area contributed by atoms with E-state index in [0.717, 1.165) is 11.8 Å². The van der Waals surface area contributed by atoms with E-state index in [1.807, 2.05) is 41.5 Å². The van der Waals surface area contributed by atoms with Crippen molar-refractivity contribution in [2.75, 3.05) is 13.2 Å². The molecule has 0 aliphatic carbocycles. The van der Waals surface area contributed by atoms with Gasteiger partial charge in [-0.15, -0.1) is 0 Å². The summed E-state index contributed by atoms with van der Waals surface area (Å²) in [5.74, 6) is -1.05. The largest absolute Gasteiger partial charge is 0.508 e. The number of rotatable bonds is 17. The number of nitrogens with one attached hydrogen (secondary N) is 1. The number of phenols is 2. The van der Waals surface area contributed by atoms with E-state index >= 15 is 0 Å². The molecule has 0 aliphatic heterocycles. The van der Waals surface area contributed by atoms with Crippen molar-refractivity contribution in [3.8, 4) is 11.5 Å². The summed E-state index contributed by atoms with van der Waals surface area (Å²) in [5, 5.41) is 21.8. The minimum atomic E-state index is -1.00.